The van der Waals surface area contributed by atoms with E-state index in [9.17, 15) is 14.7 Å². The molecule has 0 saturated carbocycles. The maximum atomic E-state index is 11.4. The SMILES string of the molecule is CC(C)C.C[B]C(=O)NCC(=O)N1CCC(O)C1.NC=O. The summed E-state index contributed by atoms with van der Waals surface area (Å²) in [6.07, 6.45) is 0.465. The summed E-state index contributed by atoms with van der Waals surface area (Å²) in [5, 5.41) is 11.6. The van der Waals surface area contributed by atoms with Crippen LogP contribution in [0.25, 0.3) is 0 Å². The first kappa shape index (κ1) is 21.7. The zero-order valence-electron chi connectivity index (χ0n) is 13.3. The summed E-state index contributed by atoms with van der Waals surface area (Å²) in [7, 11) is 1.37. The summed E-state index contributed by atoms with van der Waals surface area (Å²) in [6.45, 7) is 9.07. The molecule has 3 amide bonds. The van der Waals surface area contributed by atoms with Crippen molar-refractivity contribution >= 4 is 25.4 Å². The highest BCUT2D eigenvalue weighted by atomic mass is 16.3. The van der Waals surface area contributed by atoms with Crippen LogP contribution in [0.5, 0.6) is 0 Å². The Labute approximate surface area is 127 Å². The summed E-state index contributed by atoms with van der Waals surface area (Å²) in [4.78, 5) is 32.3. The van der Waals surface area contributed by atoms with Gasteiger partial charge in [0.1, 0.15) is 0 Å². The van der Waals surface area contributed by atoms with Crippen molar-refractivity contribution in [3.63, 3.8) is 0 Å². The Kier molecular flexibility index (Phi) is 13.9. The molecule has 1 saturated heterocycles. The van der Waals surface area contributed by atoms with Gasteiger partial charge >= 0.3 is 0 Å². The molecule has 21 heavy (non-hydrogen) atoms. The van der Waals surface area contributed by atoms with Crippen molar-refractivity contribution < 1.29 is 19.5 Å². The average molecular weight is 300 g/mol. The molecule has 0 bridgehead atoms. The highest BCUT2D eigenvalue weighted by Crippen LogP contribution is 2.07. The molecule has 1 atom stereocenters. The normalized spacial score (nSPS) is 16.1. The highest BCUT2D eigenvalue weighted by Gasteiger charge is 2.24. The van der Waals surface area contributed by atoms with Crippen LogP contribution < -0.4 is 11.1 Å². The second-order valence-corrected chi connectivity index (χ2v) is 5.16. The van der Waals surface area contributed by atoms with E-state index in [-0.39, 0.29) is 24.7 Å². The van der Waals surface area contributed by atoms with Crippen LogP contribution >= 0.6 is 0 Å². The molecular formula is C13H27BN3O4. The number of aliphatic hydroxyl groups excluding tert-OH is 1. The first-order chi connectivity index (χ1) is 9.78. The number of aliphatic hydroxyl groups is 1. The predicted molar refractivity (Wildman–Crippen MR) is 83.0 cm³/mol. The molecule has 8 heteroatoms. The Bertz CT molecular complexity index is 311. The number of carbonyl (C=O) groups is 3. The van der Waals surface area contributed by atoms with Gasteiger partial charge in [0.15, 0.2) is 5.81 Å². The predicted octanol–water partition coefficient (Wildman–Crippen LogP) is -0.195. The first-order valence-electron chi connectivity index (χ1n) is 6.96. The number of β-amino-alcohol motifs (C(OH)–C–C–N with tert-alkyl or cyclic N) is 1. The van der Waals surface area contributed by atoms with Gasteiger partial charge in [-0.1, -0.05) is 27.6 Å². The average Bonchev–Trinajstić information content (AvgIpc) is 2.82. The number of nitrogens with zero attached hydrogens (tertiary/aromatic N) is 1. The smallest absolute Gasteiger partial charge is 0.242 e. The molecular weight excluding hydrogens is 273 g/mol. The van der Waals surface area contributed by atoms with Crippen LogP contribution in [0.4, 0.5) is 4.79 Å². The van der Waals surface area contributed by atoms with Gasteiger partial charge in [0.05, 0.1) is 12.6 Å². The summed E-state index contributed by atoms with van der Waals surface area (Å²) in [5.41, 5.74) is 4.17. The zero-order chi connectivity index (χ0) is 16.8. The van der Waals surface area contributed by atoms with E-state index in [1.807, 2.05) is 0 Å². The molecule has 0 spiro atoms. The summed E-state index contributed by atoms with van der Waals surface area (Å²) in [5.74, 6) is 0.440. The monoisotopic (exact) mass is 300 g/mol. The van der Waals surface area contributed by atoms with E-state index in [1.165, 1.54) is 7.28 Å². The van der Waals surface area contributed by atoms with Crippen molar-refractivity contribution in [1.29, 1.82) is 0 Å². The third-order valence-corrected chi connectivity index (χ3v) is 2.19. The van der Waals surface area contributed by atoms with Gasteiger partial charge in [-0.3, -0.25) is 14.4 Å². The van der Waals surface area contributed by atoms with E-state index < -0.39 is 6.10 Å². The van der Waals surface area contributed by atoms with Gasteiger partial charge in [-0.15, -0.1) is 0 Å². The van der Waals surface area contributed by atoms with E-state index in [0.29, 0.717) is 19.5 Å². The van der Waals surface area contributed by atoms with Gasteiger partial charge in [-0.25, -0.2) is 0 Å². The number of rotatable bonds is 3. The minimum absolute atomic E-state index is 0.00981. The molecule has 121 valence electrons. The molecule has 1 rings (SSSR count). The maximum absolute atomic E-state index is 11.4. The van der Waals surface area contributed by atoms with E-state index >= 15 is 0 Å². The third kappa shape index (κ3) is 14.7. The summed E-state index contributed by atoms with van der Waals surface area (Å²) >= 11 is 0. The number of carbonyl (C=O) groups excluding carboxylic acids is 3. The van der Waals surface area contributed by atoms with Gasteiger partial charge in [-0.2, -0.15) is 0 Å². The molecule has 0 aromatic rings. The minimum Gasteiger partial charge on any atom is -0.391 e. The molecule has 1 heterocycles. The number of hydrogen-bond acceptors (Lipinski definition) is 4. The topological polar surface area (TPSA) is 113 Å². The van der Waals surface area contributed by atoms with Gasteiger partial charge in [0, 0.05) is 13.1 Å². The lowest BCUT2D eigenvalue weighted by atomic mass is 9.81. The fraction of sp³-hybridized carbons (Fsp3) is 0.769. The van der Waals surface area contributed by atoms with Crippen molar-refractivity contribution in [3.8, 4) is 0 Å². The van der Waals surface area contributed by atoms with Crippen molar-refractivity contribution in [1.82, 2.24) is 10.2 Å². The number of amides is 3. The molecule has 7 nitrogen and oxygen atoms in total. The highest BCUT2D eigenvalue weighted by molar-refractivity contribution is 6.72. The molecule has 1 fully saturated rings. The molecule has 0 aliphatic carbocycles. The van der Waals surface area contributed by atoms with Crippen LogP contribution in [0.1, 0.15) is 27.2 Å². The molecule has 1 aliphatic heterocycles. The lowest BCUT2D eigenvalue weighted by molar-refractivity contribution is -0.129. The number of hydrogen-bond donors (Lipinski definition) is 3. The standard InChI is InChI=1S/C8H14BN2O3.C4H10.CH3NO/c1-9-8(14)10-4-7(13)11-3-2-6(12)5-11;1-4(2)3;2-1-3/h6,12H,2-5H2,1H3,(H,10,14);4H,1-3H3;1H,(H2,2,3). The number of nitrogens with two attached hydrogens (primary N) is 1. The largest absolute Gasteiger partial charge is 0.391 e. The Morgan fingerprint density at radius 1 is 1.48 bits per heavy atom. The van der Waals surface area contributed by atoms with E-state index in [0.717, 1.165) is 5.92 Å². The van der Waals surface area contributed by atoms with Crippen LogP contribution in [0.3, 0.4) is 0 Å². The fourth-order valence-corrected chi connectivity index (χ4v) is 1.34. The van der Waals surface area contributed by atoms with E-state index in [4.69, 9.17) is 4.79 Å². The Morgan fingerprint density at radius 2 is 1.95 bits per heavy atom. The van der Waals surface area contributed by atoms with E-state index in [1.54, 1.807) is 11.7 Å². The second kappa shape index (κ2) is 13.4. The number of primary amides is 1. The lowest BCUT2D eigenvalue weighted by Gasteiger charge is -2.15. The Hall–Kier alpha value is -1.57. The first-order valence-corrected chi connectivity index (χ1v) is 6.96. The number of nitrogens with one attached hydrogen (secondary N) is 1. The van der Waals surface area contributed by atoms with Gasteiger partial charge in [0.25, 0.3) is 0 Å². The second-order valence-electron chi connectivity index (χ2n) is 5.16. The van der Waals surface area contributed by atoms with Crippen molar-refractivity contribution in [2.75, 3.05) is 19.6 Å². The van der Waals surface area contributed by atoms with Gasteiger partial charge in [-0.05, 0) is 12.3 Å². The van der Waals surface area contributed by atoms with Crippen molar-refractivity contribution in [2.24, 2.45) is 11.7 Å². The van der Waals surface area contributed by atoms with Crippen LogP contribution in [-0.2, 0) is 9.59 Å². The van der Waals surface area contributed by atoms with E-state index in [2.05, 4.69) is 31.8 Å². The van der Waals surface area contributed by atoms with Crippen molar-refractivity contribution in [3.05, 3.63) is 0 Å². The lowest BCUT2D eigenvalue weighted by Crippen LogP contribution is -2.40. The third-order valence-electron chi connectivity index (χ3n) is 2.19. The summed E-state index contributed by atoms with van der Waals surface area (Å²) < 4.78 is 0. The molecule has 0 aromatic carbocycles. The zero-order valence-corrected chi connectivity index (χ0v) is 13.3. The molecule has 0 aromatic heterocycles. The minimum atomic E-state index is -0.410. The molecule has 1 aliphatic rings. The van der Waals surface area contributed by atoms with Crippen LogP contribution in [0.15, 0.2) is 0 Å². The van der Waals surface area contributed by atoms with Gasteiger partial charge in [0.2, 0.25) is 19.6 Å². The Morgan fingerprint density at radius 3 is 2.29 bits per heavy atom. The van der Waals surface area contributed by atoms with Gasteiger partial charge < -0.3 is 21.1 Å². The maximum Gasteiger partial charge on any atom is 0.242 e. The van der Waals surface area contributed by atoms with Crippen LogP contribution in [0, 0.1) is 5.92 Å². The summed E-state index contributed by atoms with van der Waals surface area (Å²) in [6, 6.07) is 0. The fourth-order valence-electron chi connectivity index (χ4n) is 1.34. The number of likely N-dealkylation sites (tertiary alicyclic amines) is 1. The Balaban J connectivity index is 0. The molecule has 1 radical (unpaired) electrons. The molecule has 4 N–H and O–H groups in total. The van der Waals surface area contributed by atoms with Crippen LogP contribution in [0.2, 0.25) is 6.82 Å². The van der Waals surface area contributed by atoms with Crippen molar-refractivity contribution in [2.45, 2.75) is 40.1 Å². The quantitative estimate of drug-likeness (QED) is 0.495. The van der Waals surface area contributed by atoms with Crippen LogP contribution in [-0.4, -0.2) is 61.1 Å². The molecule has 1 unspecified atom stereocenters.